The third kappa shape index (κ3) is 3.39. The SMILES string of the molecule is COc1cccc(N(C)S(=O)(=O)CC2CCCN2)c1. The minimum Gasteiger partial charge on any atom is -0.497 e. The maximum absolute atomic E-state index is 12.3. The van der Waals surface area contributed by atoms with Gasteiger partial charge in [-0.05, 0) is 31.5 Å². The number of hydrogen-bond acceptors (Lipinski definition) is 4. The van der Waals surface area contributed by atoms with E-state index in [4.69, 9.17) is 4.74 Å². The van der Waals surface area contributed by atoms with Crippen LogP contribution in [0.4, 0.5) is 5.69 Å². The zero-order valence-corrected chi connectivity index (χ0v) is 12.1. The van der Waals surface area contributed by atoms with E-state index >= 15 is 0 Å². The van der Waals surface area contributed by atoms with Crippen LogP contribution < -0.4 is 14.4 Å². The molecule has 0 saturated carbocycles. The predicted molar refractivity (Wildman–Crippen MR) is 76.2 cm³/mol. The molecule has 1 N–H and O–H groups in total. The lowest BCUT2D eigenvalue weighted by atomic mass is 10.3. The summed E-state index contributed by atoms with van der Waals surface area (Å²) >= 11 is 0. The summed E-state index contributed by atoms with van der Waals surface area (Å²) in [5.74, 6) is 0.791. The fourth-order valence-electron chi connectivity index (χ4n) is 2.23. The van der Waals surface area contributed by atoms with Crippen molar-refractivity contribution in [1.29, 1.82) is 0 Å². The summed E-state index contributed by atoms with van der Waals surface area (Å²) in [7, 11) is -0.159. The van der Waals surface area contributed by atoms with E-state index in [1.54, 1.807) is 38.4 Å². The molecule has 1 aromatic rings. The van der Waals surface area contributed by atoms with Gasteiger partial charge in [0.1, 0.15) is 5.75 Å². The molecule has 0 spiro atoms. The third-order valence-corrected chi connectivity index (χ3v) is 5.28. The third-order valence-electron chi connectivity index (χ3n) is 3.41. The van der Waals surface area contributed by atoms with Gasteiger partial charge >= 0.3 is 0 Å². The Balaban J connectivity index is 2.14. The summed E-state index contributed by atoms with van der Waals surface area (Å²) in [5.41, 5.74) is 0.623. The van der Waals surface area contributed by atoms with Crippen LogP contribution in [0.3, 0.4) is 0 Å². The first-order valence-electron chi connectivity index (χ1n) is 6.37. The van der Waals surface area contributed by atoms with Crippen molar-refractivity contribution in [3.8, 4) is 5.75 Å². The van der Waals surface area contributed by atoms with Crippen LogP contribution in [0.25, 0.3) is 0 Å². The van der Waals surface area contributed by atoms with Gasteiger partial charge in [-0.1, -0.05) is 6.07 Å². The molecule has 1 aliphatic heterocycles. The van der Waals surface area contributed by atoms with Crippen LogP contribution in [0.1, 0.15) is 12.8 Å². The molecule has 0 aromatic heterocycles. The summed E-state index contributed by atoms with van der Waals surface area (Å²) in [4.78, 5) is 0. The Labute approximate surface area is 114 Å². The second kappa shape index (κ2) is 5.79. The highest BCUT2D eigenvalue weighted by atomic mass is 32.2. The second-order valence-corrected chi connectivity index (χ2v) is 6.79. The number of nitrogens with one attached hydrogen (secondary N) is 1. The maximum atomic E-state index is 12.3. The normalized spacial score (nSPS) is 19.4. The monoisotopic (exact) mass is 284 g/mol. The number of benzene rings is 1. The molecule has 106 valence electrons. The molecule has 1 saturated heterocycles. The van der Waals surface area contributed by atoms with Gasteiger partial charge in [0.2, 0.25) is 10.0 Å². The zero-order chi connectivity index (χ0) is 13.9. The Bertz CT molecular complexity index is 524. The first kappa shape index (κ1) is 14.1. The van der Waals surface area contributed by atoms with Gasteiger partial charge in [0, 0.05) is 19.2 Å². The van der Waals surface area contributed by atoms with Crippen LogP contribution in [-0.2, 0) is 10.0 Å². The maximum Gasteiger partial charge on any atom is 0.236 e. The van der Waals surface area contributed by atoms with Crippen molar-refractivity contribution in [3.63, 3.8) is 0 Å². The molecule has 0 radical (unpaired) electrons. The van der Waals surface area contributed by atoms with E-state index in [1.165, 1.54) is 4.31 Å². The molecule has 1 fully saturated rings. The number of ether oxygens (including phenoxy) is 1. The van der Waals surface area contributed by atoms with Gasteiger partial charge in [-0.2, -0.15) is 0 Å². The summed E-state index contributed by atoms with van der Waals surface area (Å²) < 4.78 is 31.1. The molecule has 19 heavy (non-hydrogen) atoms. The minimum absolute atomic E-state index is 0.0676. The summed E-state index contributed by atoms with van der Waals surface area (Å²) in [6.45, 7) is 0.906. The van der Waals surface area contributed by atoms with Gasteiger partial charge in [-0.25, -0.2) is 8.42 Å². The van der Waals surface area contributed by atoms with Crippen molar-refractivity contribution in [2.45, 2.75) is 18.9 Å². The molecule has 2 rings (SSSR count). The van der Waals surface area contributed by atoms with Crippen molar-refractivity contribution in [2.24, 2.45) is 0 Å². The average molecular weight is 284 g/mol. The molecule has 0 aliphatic carbocycles. The number of anilines is 1. The number of nitrogens with zero attached hydrogens (tertiary/aromatic N) is 1. The molecule has 1 aromatic carbocycles. The van der Waals surface area contributed by atoms with Gasteiger partial charge in [-0.3, -0.25) is 4.31 Å². The largest absolute Gasteiger partial charge is 0.497 e. The quantitative estimate of drug-likeness (QED) is 0.883. The topological polar surface area (TPSA) is 58.6 Å². The Hall–Kier alpha value is -1.27. The summed E-state index contributed by atoms with van der Waals surface area (Å²) in [6.07, 6.45) is 1.97. The Morgan fingerprint density at radius 2 is 2.26 bits per heavy atom. The second-order valence-electron chi connectivity index (χ2n) is 4.74. The highest BCUT2D eigenvalue weighted by Gasteiger charge is 2.25. The van der Waals surface area contributed by atoms with Crippen LogP contribution in [-0.4, -0.2) is 40.9 Å². The lowest BCUT2D eigenvalue weighted by molar-refractivity contribution is 0.415. The molecular weight excluding hydrogens is 264 g/mol. The highest BCUT2D eigenvalue weighted by molar-refractivity contribution is 7.92. The number of hydrogen-bond donors (Lipinski definition) is 1. The molecule has 5 nitrogen and oxygen atoms in total. The van der Waals surface area contributed by atoms with Crippen LogP contribution >= 0.6 is 0 Å². The van der Waals surface area contributed by atoms with Gasteiger partial charge in [0.25, 0.3) is 0 Å². The van der Waals surface area contributed by atoms with Crippen molar-refractivity contribution in [2.75, 3.05) is 30.8 Å². The molecule has 0 bridgehead atoms. The number of rotatable bonds is 5. The Morgan fingerprint density at radius 1 is 1.47 bits per heavy atom. The van der Waals surface area contributed by atoms with E-state index in [-0.39, 0.29) is 11.8 Å². The minimum atomic E-state index is -3.31. The van der Waals surface area contributed by atoms with Crippen LogP contribution in [0, 0.1) is 0 Å². The van der Waals surface area contributed by atoms with E-state index in [1.807, 2.05) is 0 Å². The Morgan fingerprint density at radius 3 is 2.89 bits per heavy atom. The predicted octanol–water partition coefficient (Wildman–Crippen LogP) is 1.21. The van der Waals surface area contributed by atoms with Crippen molar-refractivity contribution in [1.82, 2.24) is 5.32 Å². The molecule has 1 atom stereocenters. The van der Waals surface area contributed by atoms with Crippen molar-refractivity contribution in [3.05, 3.63) is 24.3 Å². The molecule has 6 heteroatoms. The smallest absolute Gasteiger partial charge is 0.236 e. The van der Waals surface area contributed by atoms with E-state index in [9.17, 15) is 8.42 Å². The molecule has 1 unspecified atom stereocenters. The molecule has 1 aliphatic rings. The first-order valence-corrected chi connectivity index (χ1v) is 7.98. The van der Waals surface area contributed by atoms with Crippen LogP contribution in [0.5, 0.6) is 5.75 Å². The average Bonchev–Trinajstić information content (AvgIpc) is 2.90. The Kier molecular flexibility index (Phi) is 4.31. The fourth-order valence-corrected chi connectivity index (χ4v) is 3.68. The first-order chi connectivity index (χ1) is 9.03. The van der Waals surface area contributed by atoms with E-state index in [2.05, 4.69) is 5.32 Å². The van der Waals surface area contributed by atoms with E-state index < -0.39 is 10.0 Å². The highest BCUT2D eigenvalue weighted by Crippen LogP contribution is 2.23. The lowest BCUT2D eigenvalue weighted by Crippen LogP contribution is -2.37. The van der Waals surface area contributed by atoms with Crippen molar-refractivity contribution < 1.29 is 13.2 Å². The van der Waals surface area contributed by atoms with Gasteiger partial charge in [0.05, 0.1) is 18.6 Å². The lowest BCUT2D eigenvalue weighted by Gasteiger charge is -2.22. The zero-order valence-electron chi connectivity index (χ0n) is 11.3. The standard InChI is InChI=1S/C13H20N2O3S/c1-15(12-6-3-7-13(9-12)18-2)19(16,17)10-11-5-4-8-14-11/h3,6-7,9,11,14H,4-5,8,10H2,1-2H3. The fraction of sp³-hybridized carbons (Fsp3) is 0.538. The van der Waals surface area contributed by atoms with Crippen molar-refractivity contribution >= 4 is 15.7 Å². The number of sulfonamides is 1. The number of methoxy groups -OCH3 is 1. The molecule has 0 amide bonds. The van der Waals surface area contributed by atoms with E-state index in [0.717, 1.165) is 19.4 Å². The van der Waals surface area contributed by atoms with Gasteiger partial charge in [0.15, 0.2) is 0 Å². The van der Waals surface area contributed by atoms with Gasteiger partial charge < -0.3 is 10.1 Å². The summed E-state index contributed by atoms with van der Waals surface area (Å²) in [6, 6.07) is 7.14. The summed E-state index contributed by atoms with van der Waals surface area (Å²) in [5, 5.41) is 3.21. The molecular formula is C13H20N2O3S. The van der Waals surface area contributed by atoms with Crippen LogP contribution in [0.15, 0.2) is 24.3 Å². The van der Waals surface area contributed by atoms with Crippen LogP contribution in [0.2, 0.25) is 0 Å². The van der Waals surface area contributed by atoms with Gasteiger partial charge in [-0.15, -0.1) is 0 Å². The van der Waals surface area contributed by atoms with E-state index in [0.29, 0.717) is 11.4 Å². The molecule has 1 heterocycles.